The molecule has 1 aromatic rings. The molecular weight excluding hydrogens is 312 g/mol. The number of nitrogens with zero attached hydrogens (tertiary/aromatic N) is 1. The predicted molar refractivity (Wildman–Crippen MR) is 82.5 cm³/mol. The first-order chi connectivity index (χ1) is 8.68. The van der Waals surface area contributed by atoms with E-state index in [2.05, 4.69) is 39.3 Å². The highest BCUT2D eigenvalue weighted by Crippen LogP contribution is 2.30. The van der Waals surface area contributed by atoms with Crippen molar-refractivity contribution in [3.05, 3.63) is 27.7 Å². The van der Waals surface area contributed by atoms with Crippen molar-refractivity contribution in [3.8, 4) is 0 Å². The molecule has 0 saturated carbocycles. The van der Waals surface area contributed by atoms with E-state index in [0.29, 0.717) is 0 Å². The lowest BCUT2D eigenvalue weighted by molar-refractivity contribution is 0.179. The van der Waals surface area contributed by atoms with Crippen LogP contribution in [0.1, 0.15) is 25.7 Å². The Bertz CT molecular complexity index is 397. The van der Waals surface area contributed by atoms with E-state index >= 15 is 0 Å². The Morgan fingerprint density at radius 1 is 1.44 bits per heavy atom. The second-order valence-electron chi connectivity index (χ2n) is 4.95. The largest absolute Gasteiger partial charge is 0.384 e. The fourth-order valence-corrected chi connectivity index (χ4v) is 3.10. The molecule has 18 heavy (non-hydrogen) atoms. The molecule has 0 spiro atoms. The summed E-state index contributed by atoms with van der Waals surface area (Å²) in [5.74, 6) is 0. The molecule has 0 radical (unpaired) electrons. The minimum Gasteiger partial charge on any atom is -0.384 e. The van der Waals surface area contributed by atoms with Crippen LogP contribution in [0.15, 0.2) is 22.7 Å². The van der Waals surface area contributed by atoms with Crippen molar-refractivity contribution in [3.63, 3.8) is 0 Å². The topological polar surface area (TPSA) is 15.3 Å². The molecule has 0 aromatic heterocycles. The van der Waals surface area contributed by atoms with Gasteiger partial charge in [0.05, 0.1) is 9.50 Å². The summed E-state index contributed by atoms with van der Waals surface area (Å²) in [7, 11) is 2.24. The summed E-state index contributed by atoms with van der Waals surface area (Å²) in [6.45, 7) is 2.24. The highest BCUT2D eigenvalue weighted by atomic mass is 79.9. The van der Waals surface area contributed by atoms with Crippen LogP contribution < -0.4 is 5.32 Å². The van der Waals surface area contributed by atoms with E-state index in [1.54, 1.807) is 0 Å². The lowest BCUT2D eigenvalue weighted by Crippen LogP contribution is -2.37. The highest BCUT2D eigenvalue weighted by molar-refractivity contribution is 9.10. The quantitative estimate of drug-likeness (QED) is 0.880. The highest BCUT2D eigenvalue weighted by Gasteiger charge is 2.18. The van der Waals surface area contributed by atoms with Gasteiger partial charge in [0.25, 0.3) is 0 Å². The van der Waals surface area contributed by atoms with Gasteiger partial charge < -0.3 is 10.2 Å². The molecule has 2 nitrogen and oxygen atoms in total. The zero-order valence-corrected chi connectivity index (χ0v) is 13.1. The zero-order valence-electron chi connectivity index (χ0n) is 10.8. The predicted octanol–water partition coefficient (Wildman–Crippen LogP) is 4.39. The van der Waals surface area contributed by atoms with Crippen molar-refractivity contribution in [1.29, 1.82) is 0 Å². The van der Waals surface area contributed by atoms with Gasteiger partial charge in [0.15, 0.2) is 0 Å². The monoisotopic (exact) mass is 330 g/mol. The molecule has 0 bridgehead atoms. The number of halogens is 2. The Balaban J connectivity index is 1.83. The van der Waals surface area contributed by atoms with Crippen LogP contribution >= 0.6 is 27.5 Å². The Morgan fingerprint density at radius 3 is 3.06 bits per heavy atom. The Morgan fingerprint density at radius 2 is 2.28 bits per heavy atom. The van der Waals surface area contributed by atoms with Crippen molar-refractivity contribution in [1.82, 2.24) is 4.90 Å². The number of likely N-dealkylation sites (tertiary alicyclic amines) is 1. The lowest BCUT2D eigenvalue weighted by Gasteiger charge is -2.32. The van der Waals surface area contributed by atoms with E-state index in [1.165, 1.54) is 32.2 Å². The molecule has 1 aromatic carbocycles. The van der Waals surface area contributed by atoms with E-state index in [0.717, 1.165) is 27.8 Å². The molecule has 1 saturated heterocycles. The maximum Gasteiger partial charge on any atom is 0.0593 e. The summed E-state index contributed by atoms with van der Waals surface area (Å²) in [6, 6.07) is 6.65. The number of piperidine rings is 1. The molecule has 4 heteroatoms. The van der Waals surface area contributed by atoms with Gasteiger partial charge in [0, 0.05) is 18.3 Å². The van der Waals surface area contributed by atoms with Crippen LogP contribution in [0.3, 0.4) is 0 Å². The number of hydrogen-bond acceptors (Lipinski definition) is 2. The van der Waals surface area contributed by atoms with Crippen LogP contribution in [0.5, 0.6) is 0 Å². The molecule has 100 valence electrons. The number of hydrogen-bond donors (Lipinski definition) is 1. The summed E-state index contributed by atoms with van der Waals surface area (Å²) in [5, 5.41) is 4.22. The van der Waals surface area contributed by atoms with Gasteiger partial charge in [-0.3, -0.25) is 0 Å². The fourth-order valence-electron chi connectivity index (χ4n) is 2.52. The average molecular weight is 332 g/mol. The van der Waals surface area contributed by atoms with Gasteiger partial charge in [-0.25, -0.2) is 0 Å². The molecule has 2 rings (SSSR count). The molecule has 1 atom stereocenters. The number of nitrogens with one attached hydrogen (secondary N) is 1. The van der Waals surface area contributed by atoms with Gasteiger partial charge in [0.1, 0.15) is 0 Å². The maximum atomic E-state index is 6.07. The van der Waals surface area contributed by atoms with Gasteiger partial charge in [-0.15, -0.1) is 0 Å². The lowest BCUT2D eigenvalue weighted by atomic mass is 10.0. The van der Waals surface area contributed by atoms with E-state index < -0.39 is 0 Å². The molecule has 1 aliphatic rings. The van der Waals surface area contributed by atoms with Crippen molar-refractivity contribution < 1.29 is 0 Å². The van der Waals surface area contributed by atoms with Crippen LogP contribution in [0, 0.1) is 0 Å². The van der Waals surface area contributed by atoms with E-state index in [9.17, 15) is 0 Å². The third-order valence-electron chi connectivity index (χ3n) is 3.67. The first-order valence-corrected chi connectivity index (χ1v) is 7.73. The minimum atomic E-state index is 0.726. The summed E-state index contributed by atoms with van der Waals surface area (Å²) < 4.78 is 0.962. The van der Waals surface area contributed by atoms with Crippen molar-refractivity contribution in [2.24, 2.45) is 0 Å². The van der Waals surface area contributed by atoms with Gasteiger partial charge >= 0.3 is 0 Å². The van der Waals surface area contributed by atoms with Crippen molar-refractivity contribution in [2.45, 2.75) is 31.7 Å². The first-order valence-electron chi connectivity index (χ1n) is 6.56. The molecular formula is C14H20BrClN2. The van der Waals surface area contributed by atoms with Gasteiger partial charge in [-0.05, 0) is 60.9 Å². The number of benzene rings is 1. The third-order valence-corrected chi connectivity index (χ3v) is 5.06. The molecule has 1 N–H and O–H groups in total. The van der Waals surface area contributed by atoms with E-state index in [-0.39, 0.29) is 0 Å². The molecule has 1 unspecified atom stereocenters. The Labute approximate surface area is 123 Å². The van der Waals surface area contributed by atoms with Crippen LogP contribution in [0.2, 0.25) is 5.02 Å². The molecule has 0 aliphatic carbocycles. The molecule has 0 amide bonds. The van der Waals surface area contributed by atoms with Crippen molar-refractivity contribution >= 4 is 33.2 Å². The average Bonchev–Trinajstić information content (AvgIpc) is 2.37. The normalized spacial score (nSPS) is 20.9. The summed E-state index contributed by atoms with van der Waals surface area (Å²) in [6.07, 6.45) is 5.24. The van der Waals surface area contributed by atoms with Gasteiger partial charge in [-0.1, -0.05) is 24.1 Å². The summed E-state index contributed by atoms with van der Waals surface area (Å²) >= 11 is 9.58. The van der Waals surface area contributed by atoms with Gasteiger partial charge in [-0.2, -0.15) is 0 Å². The number of anilines is 1. The standard InChI is InChI=1S/C14H20BrClN2/c1-18-10-3-2-5-11(18)8-9-17-13-7-4-6-12(16)14(13)15/h4,6-7,11,17H,2-3,5,8-10H2,1H3. The Kier molecular flexibility index (Phi) is 5.34. The van der Waals surface area contributed by atoms with E-state index in [4.69, 9.17) is 11.6 Å². The van der Waals surface area contributed by atoms with Crippen LogP contribution in [0.25, 0.3) is 0 Å². The van der Waals surface area contributed by atoms with Crippen LogP contribution in [-0.2, 0) is 0 Å². The third kappa shape index (κ3) is 3.62. The maximum absolute atomic E-state index is 6.07. The summed E-state index contributed by atoms with van der Waals surface area (Å²) in [5.41, 5.74) is 1.08. The summed E-state index contributed by atoms with van der Waals surface area (Å²) in [4.78, 5) is 2.48. The van der Waals surface area contributed by atoms with Gasteiger partial charge in [0.2, 0.25) is 0 Å². The molecule has 1 fully saturated rings. The first kappa shape index (κ1) is 14.2. The van der Waals surface area contributed by atoms with Crippen LogP contribution in [-0.4, -0.2) is 31.1 Å². The van der Waals surface area contributed by atoms with Crippen LogP contribution in [0.4, 0.5) is 5.69 Å². The SMILES string of the molecule is CN1CCCCC1CCNc1cccc(Cl)c1Br. The number of rotatable bonds is 4. The fraction of sp³-hybridized carbons (Fsp3) is 0.571. The zero-order chi connectivity index (χ0) is 13.0. The second-order valence-corrected chi connectivity index (χ2v) is 6.15. The molecule has 1 aliphatic heterocycles. The Hall–Kier alpha value is -0.250. The smallest absolute Gasteiger partial charge is 0.0593 e. The second kappa shape index (κ2) is 6.78. The molecule has 1 heterocycles. The van der Waals surface area contributed by atoms with Crippen molar-refractivity contribution in [2.75, 3.05) is 25.5 Å². The van der Waals surface area contributed by atoms with E-state index in [1.807, 2.05) is 12.1 Å². The minimum absolute atomic E-state index is 0.726.